The average Bonchev–Trinajstić information content (AvgIpc) is 2.05. The average molecular weight is 271 g/mol. The van der Waals surface area contributed by atoms with E-state index in [2.05, 4.69) is 20.8 Å². The van der Waals surface area contributed by atoms with Gasteiger partial charge in [0.2, 0.25) is 0 Å². The third-order valence-corrected chi connectivity index (χ3v) is 9.26. The minimum atomic E-state index is -0.533. The maximum absolute atomic E-state index is 2.40. The molecule has 0 aromatic rings. The summed E-state index contributed by atoms with van der Waals surface area (Å²) in [4.78, 5) is 0. The summed E-state index contributed by atoms with van der Waals surface area (Å²) >= 11 is -0.533. The van der Waals surface area contributed by atoms with Crippen molar-refractivity contribution in [3.63, 3.8) is 0 Å². The zero-order valence-electron chi connectivity index (χ0n) is 8.36. The van der Waals surface area contributed by atoms with E-state index in [-0.39, 0.29) is 0 Å². The summed E-state index contributed by atoms with van der Waals surface area (Å²) < 4.78 is 4.83. The molecule has 68 valence electrons. The summed E-state index contributed by atoms with van der Waals surface area (Å²) in [6, 6.07) is 0. The van der Waals surface area contributed by atoms with Crippen molar-refractivity contribution in [1.29, 1.82) is 0 Å². The van der Waals surface area contributed by atoms with Crippen LogP contribution in [0.2, 0.25) is 13.4 Å². The fourth-order valence-electron chi connectivity index (χ4n) is 1.09. The summed E-state index contributed by atoms with van der Waals surface area (Å²) in [5.74, 6) is 0. The second-order valence-corrected chi connectivity index (χ2v) is 10.5. The first-order chi connectivity index (χ1) is 5.35. The molecule has 0 atom stereocenters. The molecular weight excluding hydrogens is 248 g/mol. The standard InChI is InChI=1S/C10H23Te/c1-4-7-9-11(6-3)10-8-5-2/h4-10H2,1-3H3/q+1. The molecule has 0 N–H and O–H groups in total. The molecule has 0 aromatic carbocycles. The number of unbranched alkanes of at least 4 members (excludes halogenated alkanes) is 2. The van der Waals surface area contributed by atoms with E-state index >= 15 is 0 Å². The molecule has 0 fully saturated rings. The van der Waals surface area contributed by atoms with Crippen molar-refractivity contribution in [2.75, 3.05) is 0 Å². The van der Waals surface area contributed by atoms with Crippen molar-refractivity contribution in [2.24, 2.45) is 0 Å². The molecule has 0 rings (SSSR count). The topological polar surface area (TPSA) is 0 Å². The van der Waals surface area contributed by atoms with Gasteiger partial charge >= 0.3 is 79.4 Å². The van der Waals surface area contributed by atoms with Gasteiger partial charge in [-0.05, 0) is 0 Å². The molecule has 1 heteroatoms. The Morgan fingerprint density at radius 2 is 1.27 bits per heavy atom. The van der Waals surface area contributed by atoms with Crippen LogP contribution in [0.3, 0.4) is 0 Å². The first-order valence-electron chi connectivity index (χ1n) is 4.99. The summed E-state index contributed by atoms with van der Waals surface area (Å²) in [5, 5.41) is 0. The van der Waals surface area contributed by atoms with Crippen LogP contribution in [-0.4, -0.2) is 19.6 Å². The molecule has 0 aliphatic carbocycles. The van der Waals surface area contributed by atoms with Gasteiger partial charge in [0.25, 0.3) is 0 Å². The molecule has 0 bridgehead atoms. The summed E-state index contributed by atoms with van der Waals surface area (Å²) in [7, 11) is 0. The summed E-state index contributed by atoms with van der Waals surface area (Å²) in [5.41, 5.74) is 0. The molecule has 0 unspecified atom stereocenters. The Hall–Kier alpha value is 0.790. The van der Waals surface area contributed by atoms with Crippen LogP contribution in [0.25, 0.3) is 0 Å². The Morgan fingerprint density at radius 1 is 0.818 bits per heavy atom. The Labute approximate surface area is 79.4 Å². The van der Waals surface area contributed by atoms with Crippen LogP contribution in [0.4, 0.5) is 0 Å². The predicted molar refractivity (Wildman–Crippen MR) is 55.7 cm³/mol. The van der Waals surface area contributed by atoms with E-state index in [9.17, 15) is 0 Å². The Balaban J connectivity index is 3.25. The third kappa shape index (κ3) is 7.16. The number of hydrogen-bond acceptors (Lipinski definition) is 0. The molecule has 0 aromatic heterocycles. The van der Waals surface area contributed by atoms with E-state index in [1.165, 1.54) is 25.7 Å². The molecule has 0 radical (unpaired) electrons. The van der Waals surface area contributed by atoms with Crippen LogP contribution < -0.4 is 0 Å². The minimum absolute atomic E-state index is 0.533. The Kier molecular flexibility index (Phi) is 9.52. The van der Waals surface area contributed by atoms with Gasteiger partial charge in [0.1, 0.15) is 0 Å². The molecule has 0 spiro atoms. The predicted octanol–water partition coefficient (Wildman–Crippen LogP) is 4.10. The third-order valence-electron chi connectivity index (χ3n) is 1.98. The van der Waals surface area contributed by atoms with Crippen LogP contribution in [0.1, 0.15) is 46.5 Å². The molecule has 0 saturated heterocycles. The van der Waals surface area contributed by atoms with E-state index < -0.39 is 19.6 Å². The quantitative estimate of drug-likeness (QED) is 0.611. The maximum atomic E-state index is 2.40. The van der Waals surface area contributed by atoms with Gasteiger partial charge < -0.3 is 0 Å². The SMILES string of the molecule is CCCC[Te+](CC)CCCC. The molecule has 0 aliphatic rings. The van der Waals surface area contributed by atoms with Gasteiger partial charge in [-0.25, -0.2) is 0 Å². The van der Waals surface area contributed by atoms with Crippen LogP contribution in [0, 0.1) is 0 Å². The van der Waals surface area contributed by atoms with Crippen molar-refractivity contribution in [3.8, 4) is 0 Å². The monoisotopic (exact) mass is 273 g/mol. The first kappa shape index (κ1) is 11.8. The van der Waals surface area contributed by atoms with Gasteiger partial charge in [-0.2, -0.15) is 0 Å². The Morgan fingerprint density at radius 3 is 1.55 bits per heavy atom. The second-order valence-electron chi connectivity index (χ2n) is 3.02. The van der Waals surface area contributed by atoms with Crippen molar-refractivity contribution < 1.29 is 0 Å². The van der Waals surface area contributed by atoms with E-state index in [0.717, 1.165) is 0 Å². The molecule has 0 saturated carbocycles. The van der Waals surface area contributed by atoms with Crippen molar-refractivity contribution in [3.05, 3.63) is 0 Å². The Bertz CT molecular complexity index is 63.3. The molecule has 11 heavy (non-hydrogen) atoms. The van der Waals surface area contributed by atoms with Gasteiger partial charge in [-0.1, -0.05) is 0 Å². The van der Waals surface area contributed by atoms with E-state index in [0.29, 0.717) is 0 Å². The van der Waals surface area contributed by atoms with E-state index in [1.54, 1.807) is 13.4 Å². The molecular formula is C10H23Te+. The van der Waals surface area contributed by atoms with Gasteiger partial charge in [-0.3, -0.25) is 0 Å². The van der Waals surface area contributed by atoms with Gasteiger partial charge in [0.05, 0.1) is 0 Å². The van der Waals surface area contributed by atoms with Crippen LogP contribution in [-0.2, 0) is 0 Å². The van der Waals surface area contributed by atoms with Crippen molar-refractivity contribution >= 4 is 19.6 Å². The van der Waals surface area contributed by atoms with E-state index in [4.69, 9.17) is 0 Å². The normalized spacial score (nSPS) is 10.9. The van der Waals surface area contributed by atoms with Gasteiger partial charge in [0.15, 0.2) is 0 Å². The molecule has 0 nitrogen and oxygen atoms in total. The van der Waals surface area contributed by atoms with E-state index in [1.807, 2.05) is 0 Å². The van der Waals surface area contributed by atoms with Crippen molar-refractivity contribution in [2.45, 2.75) is 59.9 Å². The molecule has 0 aliphatic heterocycles. The van der Waals surface area contributed by atoms with Gasteiger partial charge in [0, 0.05) is 0 Å². The molecule has 0 amide bonds. The fraction of sp³-hybridized carbons (Fsp3) is 1.00. The number of rotatable bonds is 7. The number of hydrogen-bond donors (Lipinski definition) is 0. The van der Waals surface area contributed by atoms with Crippen LogP contribution in [0.5, 0.6) is 0 Å². The first-order valence-corrected chi connectivity index (χ1v) is 9.93. The fourth-order valence-corrected chi connectivity index (χ4v) is 7.30. The zero-order valence-corrected chi connectivity index (χ0v) is 10.7. The van der Waals surface area contributed by atoms with Gasteiger partial charge in [-0.15, -0.1) is 0 Å². The van der Waals surface area contributed by atoms with Crippen LogP contribution in [0.15, 0.2) is 0 Å². The van der Waals surface area contributed by atoms with Crippen molar-refractivity contribution in [1.82, 2.24) is 0 Å². The second kappa shape index (κ2) is 8.88. The zero-order chi connectivity index (χ0) is 8.53. The summed E-state index contributed by atoms with van der Waals surface area (Å²) in [6.07, 6.45) is 5.83. The molecule has 0 heterocycles. The van der Waals surface area contributed by atoms with Crippen LogP contribution >= 0.6 is 0 Å². The summed E-state index contributed by atoms with van der Waals surface area (Å²) in [6.45, 7) is 7.03.